The third-order valence-electron chi connectivity index (χ3n) is 3.18. The Balaban J connectivity index is 3.35. The van der Waals surface area contributed by atoms with Crippen LogP contribution in [0.3, 0.4) is 0 Å². The number of carbonyl (C=O) groups is 1. The summed E-state index contributed by atoms with van der Waals surface area (Å²) in [5, 5.41) is 8.77. The molecule has 1 rings (SSSR count). The highest BCUT2D eigenvalue weighted by Gasteiger charge is 2.25. The molecule has 0 aliphatic heterocycles. The van der Waals surface area contributed by atoms with E-state index in [0.717, 1.165) is 18.9 Å². The fraction of sp³-hybridized carbons (Fsp3) is 0.462. The summed E-state index contributed by atoms with van der Waals surface area (Å²) in [5.41, 5.74) is -0.303. The van der Waals surface area contributed by atoms with Gasteiger partial charge in [-0.1, -0.05) is 49.9 Å². The van der Waals surface area contributed by atoms with Gasteiger partial charge in [0, 0.05) is 5.02 Å². The van der Waals surface area contributed by atoms with Crippen molar-refractivity contribution < 1.29 is 18.3 Å². The SMILES string of the molecule is CCC(CC)CS(=O)(=O)c1cc(Cl)cc(C(=O)O)c1Cl. The molecular weight excluding hydrogens is 323 g/mol. The van der Waals surface area contributed by atoms with E-state index in [0.29, 0.717) is 0 Å². The van der Waals surface area contributed by atoms with Crippen LogP contribution in [0.5, 0.6) is 0 Å². The molecule has 0 radical (unpaired) electrons. The van der Waals surface area contributed by atoms with Gasteiger partial charge in [0.15, 0.2) is 9.84 Å². The van der Waals surface area contributed by atoms with Crippen molar-refractivity contribution in [3.63, 3.8) is 0 Å². The largest absolute Gasteiger partial charge is 0.478 e. The van der Waals surface area contributed by atoms with E-state index in [-0.39, 0.29) is 32.2 Å². The lowest BCUT2D eigenvalue weighted by Gasteiger charge is -2.14. The molecule has 4 nitrogen and oxygen atoms in total. The van der Waals surface area contributed by atoms with E-state index in [2.05, 4.69) is 0 Å². The van der Waals surface area contributed by atoms with E-state index in [4.69, 9.17) is 28.3 Å². The van der Waals surface area contributed by atoms with E-state index in [1.807, 2.05) is 13.8 Å². The van der Waals surface area contributed by atoms with Crippen molar-refractivity contribution >= 4 is 39.0 Å². The number of carboxylic acids is 1. The number of hydrogen-bond donors (Lipinski definition) is 1. The topological polar surface area (TPSA) is 71.4 Å². The van der Waals surface area contributed by atoms with Gasteiger partial charge in [0.05, 0.1) is 21.2 Å². The highest BCUT2D eigenvalue weighted by molar-refractivity contribution is 7.91. The second-order valence-corrected chi connectivity index (χ2v) is 7.35. The van der Waals surface area contributed by atoms with E-state index in [9.17, 15) is 13.2 Å². The first-order chi connectivity index (χ1) is 9.22. The highest BCUT2D eigenvalue weighted by atomic mass is 35.5. The monoisotopic (exact) mass is 338 g/mol. The molecule has 0 aromatic heterocycles. The lowest BCUT2D eigenvalue weighted by molar-refractivity contribution is 0.0697. The zero-order valence-corrected chi connectivity index (χ0v) is 13.5. The van der Waals surface area contributed by atoms with Gasteiger partial charge in [-0.15, -0.1) is 0 Å². The van der Waals surface area contributed by atoms with Gasteiger partial charge in [0.1, 0.15) is 0 Å². The van der Waals surface area contributed by atoms with Gasteiger partial charge in [0.25, 0.3) is 0 Å². The number of rotatable bonds is 6. The minimum Gasteiger partial charge on any atom is -0.478 e. The van der Waals surface area contributed by atoms with Crippen molar-refractivity contribution in [2.24, 2.45) is 5.92 Å². The summed E-state index contributed by atoms with van der Waals surface area (Å²) < 4.78 is 24.7. The van der Waals surface area contributed by atoms with Crippen LogP contribution in [0.2, 0.25) is 10.0 Å². The summed E-state index contributed by atoms with van der Waals surface area (Å²) in [6, 6.07) is 2.34. The molecule has 0 saturated carbocycles. The molecule has 0 atom stereocenters. The highest BCUT2D eigenvalue weighted by Crippen LogP contribution is 2.31. The Kier molecular flexibility index (Phi) is 5.86. The quantitative estimate of drug-likeness (QED) is 0.853. The van der Waals surface area contributed by atoms with Crippen molar-refractivity contribution in [1.29, 1.82) is 0 Å². The first-order valence-electron chi connectivity index (χ1n) is 6.18. The van der Waals surface area contributed by atoms with Gasteiger partial charge in [-0.25, -0.2) is 13.2 Å². The number of carboxylic acid groups (broad SMARTS) is 1. The third kappa shape index (κ3) is 3.87. The van der Waals surface area contributed by atoms with E-state index in [1.165, 1.54) is 6.07 Å². The third-order valence-corrected chi connectivity index (χ3v) is 5.82. The number of hydrogen-bond acceptors (Lipinski definition) is 3. The molecular formula is C13H16Cl2O4S. The summed E-state index contributed by atoms with van der Waals surface area (Å²) in [6.07, 6.45) is 1.44. The normalized spacial score (nSPS) is 11.8. The maximum atomic E-state index is 12.4. The molecule has 7 heteroatoms. The number of aromatic carboxylic acids is 1. The molecule has 0 bridgehead atoms. The van der Waals surface area contributed by atoms with Crippen molar-refractivity contribution in [1.82, 2.24) is 0 Å². The standard InChI is InChI=1S/C13H16Cl2O4S/c1-3-8(4-2)7-20(18,19)11-6-9(14)5-10(12(11)15)13(16)17/h5-6,8H,3-4,7H2,1-2H3,(H,16,17). The van der Waals surface area contributed by atoms with Gasteiger partial charge < -0.3 is 5.11 Å². The first kappa shape index (κ1) is 17.3. The number of halogens is 2. The number of benzene rings is 1. The smallest absolute Gasteiger partial charge is 0.337 e. The van der Waals surface area contributed by atoms with Gasteiger partial charge >= 0.3 is 5.97 Å². The van der Waals surface area contributed by atoms with Gasteiger partial charge in [-0.2, -0.15) is 0 Å². The summed E-state index contributed by atoms with van der Waals surface area (Å²) >= 11 is 11.7. The molecule has 0 spiro atoms. The van der Waals surface area contributed by atoms with Crippen LogP contribution in [0.25, 0.3) is 0 Å². The average Bonchev–Trinajstić information content (AvgIpc) is 2.37. The van der Waals surface area contributed by atoms with Crippen LogP contribution in [0.15, 0.2) is 17.0 Å². The molecule has 1 aromatic carbocycles. The summed E-state index contributed by atoms with van der Waals surface area (Å²) in [5.74, 6) is -1.38. The van der Waals surface area contributed by atoms with Crippen LogP contribution in [0.4, 0.5) is 0 Å². The van der Waals surface area contributed by atoms with Gasteiger partial charge in [-0.3, -0.25) is 0 Å². The molecule has 0 heterocycles. The molecule has 112 valence electrons. The van der Waals surface area contributed by atoms with Crippen LogP contribution < -0.4 is 0 Å². The lowest BCUT2D eigenvalue weighted by atomic mass is 10.1. The van der Waals surface area contributed by atoms with Crippen LogP contribution in [0.1, 0.15) is 37.0 Å². The van der Waals surface area contributed by atoms with Crippen LogP contribution >= 0.6 is 23.2 Å². The Labute approximate surface area is 128 Å². The van der Waals surface area contributed by atoms with E-state index >= 15 is 0 Å². The zero-order valence-electron chi connectivity index (χ0n) is 11.2. The lowest BCUT2D eigenvalue weighted by Crippen LogP contribution is -2.16. The van der Waals surface area contributed by atoms with Crippen molar-refractivity contribution in [3.05, 3.63) is 27.7 Å². The van der Waals surface area contributed by atoms with Crippen LogP contribution in [-0.2, 0) is 9.84 Å². The molecule has 0 fully saturated rings. The van der Waals surface area contributed by atoms with Crippen molar-refractivity contribution in [2.75, 3.05) is 5.75 Å². The average molecular weight is 339 g/mol. The van der Waals surface area contributed by atoms with E-state index in [1.54, 1.807) is 0 Å². The second kappa shape index (κ2) is 6.78. The van der Waals surface area contributed by atoms with Gasteiger partial charge in [0.2, 0.25) is 0 Å². The molecule has 0 aliphatic carbocycles. The molecule has 0 saturated heterocycles. The van der Waals surface area contributed by atoms with Crippen molar-refractivity contribution in [3.8, 4) is 0 Å². The van der Waals surface area contributed by atoms with Gasteiger partial charge in [-0.05, 0) is 18.1 Å². The Morgan fingerprint density at radius 3 is 2.25 bits per heavy atom. The Hall–Kier alpha value is -0.780. The van der Waals surface area contributed by atoms with Crippen LogP contribution in [-0.4, -0.2) is 25.2 Å². The summed E-state index contributed by atoms with van der Waals surface area (Å²) in [4.78, 5) is 10.8. The maximum Gasteiger partial charge on any atom is 0.337 e. The Morgan fingerprint density at radius 1 is 1.25 bits per heavy atom. The molecule has 0 unspecified atom stereocenters. The molecule has 1 N–H and O–H groups in total. The molecule has 20 heavy (non-hydrogen) atoms. The molecule has 0 amide bonds. The van der Waals surface area contributed by atoms with Crippen molar-refractivity contribution in [2.45, 2.75) is 31.6 Å². The zero-order chi connectivity index (χ0) is 15.5. The first-order valence-corrected chi connectivity index (χ1v) is 8.58. The minimum atomic E-state index is -3.67. The maximum absolute atomic E-state index is 12.4. The summed E-state index contributed by atoms with van der Waals surface area (Å²) in [7, 11) is -3.67. The summed E-state index contributed by atoms with van der Waals surface area (Å²) in [6.45, 7) is 3.82. The van der Waals surface area contributed by atoms with E-state index < -0.39 is 15.8 Å². The molecule has 1 aromatic rings. The molecule has 0 aliphatic rings. The Morgan fingerprint density at radius 2 is 1.80 bits per heavy atom. The fourth-order valence-corrected chi connectivity index (χ4v) is 4.66. The predicted octanol–water partition coefficient (Wildman–Crippen LogP) is 3.90. The minimum absolute atomic E-state index is 0.00308. The number of sulfone groups is 1. The Bertz CT molecular complexity index is 607. The fourth-order valence-electron chi connectivity index (χ4n) is 1.87. The second-order valence-electron chi connectivity index (χ2n) is 4.53. The predicted molar refractivity (Wildman–Crippen MR) is 79.5 cm³/mol. The van der Waals surface area contributed by atoms with Crippen LogP contribution in [0, 0.1) is 5.92 Å².